The summed E-state index contributed by atoms with van der Waals surface area (Å²) in [6.45, 7) is 7.70. The van der Waals surface area contributed by atoms with E-state index in [0.717, 1.165) is 35.3 Å². The number of likely N-dealkylation sites (tertiary alicyclic amines) is 1. The van der Waals surface area contributed by atoms with Gasteiger partial charge in [-0.1, -0.05) is 63.2 Å². The van der Waals surface area contributed by atoms with Gasteiger partial charge in [0.25, 0.3) is 5.91 Å². The lowest BCUT2D eigenvalue weighted by Gasteiger charge is -2.34. The van der Waals surface area contributed by atoms with Gasteiger partial charge in [-0.05, 0) is 37.0 Å². The normalized spacial score (nSPS) is 15.8. The Balaban J connectivity index is 1.57. The minimum atomic E-state index is -0.0859. The smallest absolute Gasteiger partial charge is 0.252 e. The molecule has 2 amide bonds. The van der Waals surface area contributed by atoms with Crippen molar-refractivity contribution in [2.75, 3.05) is 13.1 Å². The van der Waals surface area contributed by atoms with Gasteiger partial charge in [-0.25, -0.2) is 0 Å². The minimum Gasteiger partial charge on any atom is -0.349 e. The second-order valence-electron chi connectivity index (χ2n) is 8.11. The molecular weight excluding hydrogens is 392 g/mol. The second-order valence-corrected chi connectivity index (χ2v) is 9.73. The van der Waals surface area contributed by atoms with Crippen LogP contribution in [-0.4, -0.2) is 41.1 Å². The number of amides is 2. The van der Waals surface area contributed by atoms with Gasteiger partial charge in [0.05, 0.1) is 11.5 Å². The lowest BCUT2D eigenvalue weighted by atomic mass is 9.93. The van der Waals surface area contributed by atoms with Crippen molar-refractivity contribution in [1.82, 2.24) is 10.2 Å². The van der Waals surface area contributed by atoms with E-state index < -0.39 is 0 Å². The molecule has 160 valence electrons. The summed E-state index contributed by atoms with van der Waals surface area (Å²) >= 11 is 1.71. The topological polar surface area (TPSA) is 49.4 Å². The van der Waals surface area contributed by atoms with Crippen molar-refractivity contribution in [3.63, 3.8) is 0 Å². The Morgan fingerprint density at radius 3 is 2.30 bits per heavy atom. The third-order valence-electron chi connectivity index (χ3n) is 5.54. The van der Waals surface area contributed by atoms with Crippen molar-refractivity contribution in [1.29, 1.82) is 0 Å². The quantitative estimate of drug-likeness (QED) is 0.629. The number of nitrogens with one attached hydrogen (secondary N) is 1. The molecule has 0 bridgehead atoms. The predicted molar refractivity (Wildman–Crippen MR) is 124 cm³/mol. The summed E-state index contributed by atoms with van der Waals surface area (Å²) in [6.07, 6.45) is 2.38. The maximum absolute atomic E-state index is 13.1. The fraction of sp³-hybridized carbons (Fsp3) is 0.440. The zero-order valence-electron chi connectivity index (χ0n) is 18.1. The molecule has 1 N–H and O–H groups in total. The molecule has 1 heterocycles. The summed E-state index contributed by atoms with van der Waals surface area (Å²) in [5, 5.41) is 3.61. The number of piperidine rings is 1. The lowest BCUT2D eigenvalue weighted by Crippen LogP contribution is -2.47. The molecule has 5 heteroatoms. The summed E-state index contributed by atoms with van der Waals surface area (Å²) in [5.74, 6) is 0.101. The van der Waals surface area contributed by atoms with Crippen LogP contribution in [-0.2, 0) is 4.79 Å². The molecule has 0 spiro atoms. The third-order valence-corrected chi connectivity index (χ3v) is 6.63. The van der Waals surface area contributed by atoms with Gasteiger partial charge in [0.15, 0.2) is 0 Å². The average Bonchev–Trinajstić information content (AvgIpc) is 2.75. The molecule has 1 fully saturated rings. The van der Waals surface area contributed by atoms with Gasteiger partial charge in [-0.2, -0.15) is 0 Å². The maximum atomic E-state index is 13.1. The number of carbonyl (C=O) groups is 2. The summed E-state index contributed by atoms with van der Waals surface area (Å²) in [5.41, 5.74) is 1.82. The molecule has 1 saturated heterocycles. The Morgan fingerprint density at radius 2 is 1.67 bits per heavy atom. The molecule has 0 aromatic heterocycles. The Bertz CT molecular complexity index is 845. The van der Waals surface area contributed by atoms with Crippen LogP contribution in [0.25, 0.3) is 0 Å². The van der Waals surface area contributed by atoms with Crippen molar-refractivity contribution in [3.8, 4) is 0 Å². The first-order chi connectivity index (χ1) is 14.5. The van der Waals surface area contributed by atoms with Crippen LogP contribution < -0.4 is 5.32 Å². The number of hydrogen-bond acceptors (Lipinski definition) is 3. The molecule has 4 nitrogen and oxygen atoms in total. The highest BCUT2D eigenvalue weighted by molar-refractivity contribution is 8.00. The number of thioether (sulfide) groups is 1. The fourth-order valence-electron chi connectivity index (χ4n) is 3.98. The molecule has 30 heavy (non-hydrogen) atoms. The van der Waals surface area contributed by atoms with Gasteiger partial charge >= 0.3 is 0 Å². The molecule has 0 radical (unpaired) electrons. The Labute approximate surface area is 184 Å². The molecule has 1 aliphatic heterocycles. The highest BCUT2D eigenvalue weighted by Crippen LogP contribution is 2.27. The monoisotopic (exact) mass is 424 g/mol. The highest BCUT2D eigenvalue weighted by Gasteiger charge is 2.29. The van der Waals surface area contributed by atoms with E-state index in [-0.39, 0.29) is 23.8 Å². The summed E-state index contributed by atoms with van der Waals surface area (Å²) in [6, 6.07) is 17.9. The molecule has 0 aliphatic carbocycles. The van der Waals surface area contributed by atoms with Crippen LogP contribution in [0.2, 0.25) is 0 Å². The first kappa shape index (κ1) is 22.4. The molecule has 1 aliphatic rings. The Hall–Kier alpha value is -2.27. The van der Waals surface area contributed by atoms with Crippen LogP contribution in [0.5, 0.6) is 0 Å². The number of rotatable bonds is 7. The van der Waals surface area contributed by atoms with Crippen LogP contribution >= 0.6 is 11.8 Å². The first-order valence-electron chi connectivity index (χ1n) is 10.9. The molecule has 2 aromatic carbocycles. The molecule has 0 saturated carbocycles. The molecular formula is C25H32N2O2S. The summed E-state index contributed by atoms with van der Waals surface area (Å²) in [7, 11) is 0. The zero-order chi connectivity index (χ0) is 21.5. The van der Waals surface area contributed by atoms with Crippen molar-refractivity contribution in [2.45, 2.75) is 62.1 Å². The van der Waals surface area contributed by atoms with Crippen LogP contribution in [0.1, 0.15) is 61.9 Å². The van der Waals surface area contributed by atoms with Gasteiger partial charge in [-0.3, -0.25) is 9.59 Å². The van der Waals surface area contributed by atoms with Crippen LogP contribution in [0.3, 0.4) is 0 Å². The fourth-order valence-corrected chi connectivity index (χ4v) is 4.93. The summed E-state index contributed by atoms with van der Waals surface area (Å²) < 4.78 is 0. The number of benzene rings is 2. The predicted octanol–water partition coefficient (Wildman–Crippen LogP) is 5.10. The van der Waals surface area contributed by atoms with E-state index in [0.29, 0.717) is 18.3 Å². The van der Waals surface area contributed by atoms with Crippen molar-refractivity contribution in [2.24, 2.45) is 0 Å². The SMILES string of the molecule is CC[C@@H](C(=O)N1CCC(NC(=O)c2ccccc2SC(C)C)CC1)c1ccccc1. The van der Waals surface area contributed by atoms with Crippen molar-refractivity contribution in [3.05, 3.63) is 65.7 Å². The molecule has 2 aromatic rings. The largest absolute Gasteiger partial charge is 0.349 e. The number of hydrogen-bond donors (Lipinski definition) is 1. The minimum absolute atomic E-state index is 0.0146. The van der Waals surface area contributed by atoms with Gasteiger partial charge in [0, 0.05) is 29.3 Å². The van der Waals surface area contributed by atoms with Crippen LogP contribution in [0, 0.1) is 0 Å². The number of nitrogens with zero attached hydrogens (tertiary/aromatic N) is 1. The average molecular weight is 425 g/mol. The van der Waals surface area contributed by atoms with Crippen LogP contribution in [0.4, 0.5) is 0 Å². The van der Waals surface area contributed by atoms with Gasteiger partial charge in [0.2, 0.25) is 5.91 Å². The Morgan fingerprint density at radius 1 is 1.03 bits per heavy atom. The van der Waals surface area contributed by atoms with Gasteiger partial charge in [-0.15, -0.1) is 11.8 Å². The molecule has 3 rings (SSSR count). The Kier molecular flexibility index (Phi) is 7.97. The van der Waals surface area contributed by atoms with Gasteiger partial charge in [0.1, 0.15) is 0 Å². The van der Waals surface area contributed by atoms with E-state index in [1.54, 1.807) is 11.8 Å². The van der Waals surface area contributed by atoms with Gasteiger partial charge < -0.3 is 10.2 Å². The second kappa shape index (κ2) is 10.7. The van der Waals surface area contributed by atoms with Crippen LogP contribution in [0.15, 0.2) is 59.5 Å². The van der Waals surface area contributed by atoms with E-state index in [1.807, 2.05) is 59.5 Å². The van der Waals surface area contributed by atoms with E-state index in [2.05, 4.69) is 26.1 Å². The van der Waals surface area contributed by atoms with Crippen molar-refractivity contribution >= 4 is 23.6 Å². The standard InChI is InChI=1S/C25H32N2O2S/c1-4-21(19-10-6-5-7-11-19)25(29)27-16-14-20(15-17-27)26-24(28)22-12-8-9-13-23(22)30-18(2)3/h5-13,18,20-21H,4,14-17H2,1-3H3,(H,26,28)/t21-/m1/s1. The highest BCUT2D eigenvalue weighted by atomic mass is 32.2. The van der Waals surface area contributed by atoms with E-state index in [1.165, 1.54) is 0 Å². The molecule has 0 unspecified atom stereocenters. The zero-order valence-corrected chi connectivity index (χ0v) is 19.0. The summed E-state index contributed by atoms with van der Waals surface area (Å²) in [4.78, 5) is 28.9. The van der Waals surface area contributed by atoms with E-state index in [4.69, 9.17) is 0 Å². The lowest BCUT2D eigenvalue weighted by molar-refractivity contribution is -0.134. The first-order valence-corrected chi connectivity index (χ1v) is 11.8. The number of carbonyl (C=O) groups excluding carboxylic acids is 2. The van der Waals surface area contributed by atoms with Crippen molar-refractivity contribution < 1.29 is 9.59 Å². The molecule has 1 atom stereocenters. The maximum Gasteiger partial charge on any atom is 0.252 e. The van der Waals surface area contributed by atoms with E-state index >= 15 is 0 Å². The van der Waals surface area contributed by atoms with E-state index in [9.17, 15) is 9.59 Å². The third kappa shape index (κ3) is 5.66.